The summed E-state index contributed by atoms with van der Waals surface area (Å²) in [4.78, 5) is 0.113. The Morgan fingerprint density at radius 2 is 1.70 bits per heavy atom. The topological polar surface area (TPSA) is 63.4 Å². The maximum atomic E-state index is 12.5. The monoisotopic (exact) mass is 310 g/mol. The number of nitrogens with zero attached hydrogens (tertiary/aromatic N) is 1. The Kier molecular flexibility index (Phi) is 3.92. The van der Waals surface area contributed by atoms with Crippen molar-refractivity contribution in [3.05, 3.63) is 53.1 Å². The molecule has 106 valence electrons. The molecule has 20 heavy (non-hydrogen) atoms. The van der Waals surface area contributed by atoms with E-state index in [1.54, 1.807) is 12.1 Å². The van der Waals surface area contributed by atoms with Crippen LogP contribution in [-0.4, -0.2) is 15.5 Å². The number of benzene rings is 2. The second kappa shape index (κ2) is 5.34. The SMILES string of the molecule is Cc1ccc(N(C)S(=O)(=O)c2ccc(Cl)c(N)c2)cc1. The standard InChI is InChI=1S/C14H15ClN2O2S/c1-10-3-5-11(6-4-10)17(2)20(18,19)12-7-8-13(15)14(16)9-12/h3-9H,16H2,1-2H3. The Balaban J connectivity index is 2.43. The van der Waals surface area contributed by atoms with Crippen molar-refractivity contribution in [3.63, 3.8) is 0 Å². The largest absolute Gasteiger partial charge is 0.397 e. The van der Waals surface area contributed by atoms with Crippen molar-refractivity contribution in [2.75, 3.05) is 17.1 Å². The van der Waals surface area contributed by atoms with Gasteiger partial charge in [0.2, 0.25) is 0 Å². The molecule has 2 rings (SSSR count). The average Bonchev–Trinajstić information content (AvgIpc) is 2.41. The molecule has 0 aliphatic rings. The molecule has 0 aromatic heterocycles. The van der Waals surface area contributed by atoms with Crippen molar-refractivity contribution < 1.29 is 8.42 Å². The lowest BCUT2D eigenvalue weighted by Gasteiger charge is -2.20. The molecule has 0 spiro atoms. The van der Waals surface area contributed by atoms with E-state index in [2.05, 4.69) is 0 Å². The third-order valence-corrected chi connectivity index (χ3v) is 5.15. The van der Waals surface area contributed by atoms with Crippen molar-refractivity contribution in [2.45, 2.75) is 11.8 Å². The van der Waals surface area contributed by atoms with Crippen LogP contribution in [0.4, 0.5) is 11.4 Å². The van der Waals surface area contributed by atoms with Gasteiger partial charge in [-0.25, -0.2) is 8.42 Å². The normalized spacial score (nSPS) is 11.3. The number of anilines is 2. The van der Waals surface area contributed by atoms with Gasteiger partial charge in [0.05, 0.1) is 21.3 Å². The summed E-state index contributed by atoms with van der Waals surface area (Å²) in [5, 5.41) is 0.335. The lowest BCUT2D eigenvalue weighted by molar-refractivity contribution is 0.594. The fraction of sp³-hybridized carbons (Fsp3) is 0.143. The molecule has 0 saturated heterocycles. The predicted octanol–water partition coefficient (Wildman–Crippen LogP) is 3.06. The number of hydrogen-bond acceptors (Lipinski definition) is 3. The van der Waals surface area contributed by atoms with Crippen LogP contribution in [0.15, 0.2) is 47.4 Å². The van der Waals surface area contributed by atoms with Crippen LogP contribution < -0.4 is 10.0 Å². The van der Waals surface area contributed by atoms with Gasteiger partial charge in [-0.3, -0.25) is 4.31 Å². The smallest absolute Gasteiger partial charge is 0.264 e. The molecule has 0 saturated carbocycles. The van der Waals surface area contributed by atoms with E-state index in [-0.39, 0.29) is 10.6 Å². The molecule has 0 amide bonds. The molecule has 0 aliphatic heterocycles. The molecule has 0 atom stereocenters. The first-order valence-electron chi connectivity index (χ1n) is 5.93. The van der Waals surface area contributed by atoms with Crippen LogP contribution in [-0.2, 0) is 10.0 Å². The van der Waals surface area contributed by atoms with E-state index in [0.29, 0.717) is 10.7 Å². The van der Waals surface area contributed by atoms with Crippen LogP contribution in [0.2, 0.25) is 5.02 Å². The van der Waals surface area contributed by atoms with Crippen LogP contribution in [0.1, 0.15) is 5.56 Å². The fourth-order valence-electron chi connectivity index (χ4n) is 1.73. The lowest BCUT2D eigenvalue weighted by atomic mass is 10.2. The first kappa shape index (κ1) is 14.7. The molecule has 2 N–H and O–H groups in total. The number of sulfonamides is 1. The summed E-state index contributed by atoms with van der Waals surface area (Å²) in [5.41, 5.74) is 7.55. The highest BCUT2D eigenvalue weighted by atomic mass is 35.5. The van der Waals surface area contributed by atoms with Crippen LogP contribution in [0.25, 0.3) is 0 Å². The Labute approximate surface area is 123 Å². The molecule has 0 bridgehead atoms. The molecule has 2 aromatic rings. The van der Waals surface area contributed by atoms with E-state index in [1.165, 1.54) is 29.6 Å². The molecule has 0 fully saturated rings. The minimum atomic E-state index is -3.65. The summed E-state index contributed by atoms with van der Waals surface area (Å²) in [6, 6.07) is 11.5. The van der Waals surface area contributed by atoms with Gasteiger partial charge >= 0.3 is 0 Å². The van der Waals surface area contributed by atoms with Crippen molar-refractivity contribution in [1.29, 1.82) is 0 Å². The molecule has 2 aromatic carbocycles. The number of halogens is 1. The van der Waals surface area contributed by atoms with Gasteiger partial charge in [-0.05, 0) is 37.3 Å². The average molecular weight is 311 g/mol. The molecule has 4 nitrogen and oxygen atoms in total. The second-order valence-corrected chi connectivity index (χ2v) is 6.87. The van der Waals surface area contributed by atoms with E-state index in [1.807, 2.05) is 19.1 Å². The first-order chi connectivity index (χ1) is 9.32. The number of nitrogens with two attached hydrogens (primary N) is 1. The molecule has 0 aliphatic carbocycles. The van der Waals surface area contributed by atoms with Gasteiger partial charge in [0.1, 0.15) is 0 Å². The van der Waals surface area contributed by atoms with Crippen LogP contribution in [0.3, 0.4) is 0 Å². The molecular formula is C14H15ClN2O2S. The summed E-state index contributed by atoms with van der Waals surface area (Å²) in [6.07, 6.45) is 0. The first-order valence-corrected chi connectivity index (χ1v) is 7.75. The summed E-state index contributed by atoms with van der Waals surface area (Å²) < 4.78 is 26.2. The van der Waals surface area contributed by atoms with Crippen molar-refractivity contribution in [2.24, 2.45) is 0 Å². The number of nitrogen functional groups attached to an aromatic ring is 1. The summed E-state index contributed by atoms with van der Waals surface area (Å²) in [7, 11) is -2.14. The molecule has 0 unspecified atom stereocenters. The Bertz CT molecular complexity index is 727. The molecule has 0 heterocycles. The highest BCUT2D eigenvalue weighted by Crippen LogP contribution is 2.26. The summed E-state index contributed by atoms with van der Waals surface area (Å²) in [5.74, 6) is 0. The molecule has 6 heteroatoms. The third-order valence-electron chi connectivity index (χ3n) is 3.02. The third kappa shape index (κ3) is 2.73. The van der Waals surface area contributed by atoms with Gasteiger partial charge in [0, 0.05) is 7.05 Å². The number of rotatable bonds is 3. The fourth-order valence-corrected chi connectivity index (χ4v) is 3.08. The summed E-state index contributed by atoms with van der Waals surface area (Å²) in [6.45, 7) is 1.94. The molecular weight excluding hydrogens is 296 g/mol. The van der Waals surface area contributed by atoms with E-state index in [0.717, 1.165) is 5.56 Å². The van der Waals surface area contributed by atoms with E-state index >= 15 is 0 Å². The van der Waals surface area contributed by atoms with Gasteiger partial charge in [-0.2, -0.15) is 0 Å². The maximum absolute atomic E-state index is 12.5. The van der Waals surface area contributed by atoms with Crippen LogP contribution >= 0.6 is 11.6 Å². The highest BCUT2D eigenvalue weighted by Gasteiger charge is 2.21. The zero-order valence-corrected chi connectivity index (χ0v) is 12.7. The summed E-state index contributed by atoms with van der Waals surface area (Å²) >= 11 is 5.81. The van der Waals surface area contributed by atoms with Gasteiger partial charge in [-0.15, -0.1) is 0 Å². The van der Waals surface area contributed by atoms with Crippen LogP contribution in [0.5, 0.6) is 0 Å². The Morgan fingerprint density at radius 1 is 1.10 bits per heavy atom. The van der Waals surface area contributed by atoms with Gasteiger partial charge in [0.15, 0.2) is 0 Å². The van der Waals surface area contributed by atoms with Gasteiger partial charge in [-0.1, -0.05) is 29.3 Å². The lowest BCUT2D eigenvalue weighted by Crippen LogP contribution is -2.26. The zero-order chi connectivity index (χ0) is 14.9. The minimum absolute atomic E-state index is 0.113. The van der Waals surface area contributed by atoms with Crippen LogP contribution in [0, 0.1) is 6.92 Å². The van der Waals surface area contributed by atoms with Gasteiger partial charge in [0.25, 0.3) is 10.0 Å². The number of aryl methyl sites for hydroxylation is 1. The van der Waals surface area contributed by atoms with Crippen molar-refractivity contribution in [1.82, 2.24) is 0 Å². The Morgan fingerprint density at radius 3 is 2.25 bits per heavy atom. The van der Waals surface area contributed by atoms with Crippen molar-refractivity contribution in [3.8, 4) is 0 Å². The highest BCUT2D eigenvalue weighted by molar-refractivity contribution is 7.92. The second-order valence-electron chi connectivity index (χ2n) is 4.49. The van der Waals surface area contributed by atoms with E-state index in [9.17, 15) is 8.42 Å². The zero-order valence-electron chi connectivity index (χ0n) is 11.2. The minimum Gasteiger partial charge on any atom is -0.397 e. The van der Waals surface area contributed by atoms with Gasteiger partial charge < -0.3 is 5.73 Å². The molecule has 0 radical (unpaired) electrons. The predicted molar refractivity (Wildman–Crippen MR) is 82.6 cm³/mol. The number of hydrogen-bond donors (Lipinski definition) is 1. The Hall–Kier alpha value is -1.72. The van der Waals surface area contributed by atoms with E-state index < -0.39 is 10.0 Å². The van der Waals surface area contributed by atoms with E-state index in [4.69, 9.17) is 17.3 Å². The van der Waals surface area contributed by atoms with Crippen molar-refractivity contribution >= 4 is 33.0 Å². The quantitative estimate of drug-likeness (QED) is 0.886. The maximum Gasteiger partial charge on any atom is 0.264 e.